The molecule has 0 unspecified atom stereocenters. The first-order valence-corrected chi connectivity index (χ1v) is 9.04. The first-order chi connectivity index (χ1) is 13.8. The maximum Gasteiger partial charge on any atom is 0.416 e. The van der Waals surface area contributed by atoms with E-state index in [9.17, 15) is 13.2 Å². The van der Waals surface area contributed by atoms with Gasteiger partial charge in [-0.15, -0.1) is 0 Å². The van der Waals surface area contributed by atoms with Gasteiger partial charge in [0.05, 0.1) is 18.7 Å². The average molecular weight is 422 g/mol. The van der Waals surface area contributed by atoms with Gasteiger partial charge in [0.15, 0.2) is 5.11 Å². The molecule has 0 bridgehead atoms. The lowest BCUT2D eigenvalue weighted by atomic mass is 10.2. The summed E-state index contributed by atoms with van der Waals surface area (Å²) in [5.41, 5.74) is 0.216. The van der Waals surface area contributed by atoms with E-state index in [0.717, 1.165) is 23.4 Å². The fourth-order valence-electron chi connectivity index (χ4n) is 2.42. The molecule has 0 aliphatic carbocycles. The van der Waals surface area contributed by atoms with E-state index in [4.69, 9.17) is 21.5 Å². The molecule has 0 aliphatic rings. The third-order valence-electron chi connectivity index (χ3n) is 3.74. The normalized spacial score (nSPS) is 11.2. The lowest BCUT2D eigenvalue weighted by Crippen LogP contribution is -2.28. The van der Waals surface area contributed by atoms with E-state index in [-0.39, 0.29) is 23.2 Å². The number of ether oxygens (including phenoxy) is 1. The van der Waals surface area contributed by atoms with Crippen LogP contribution in [0.1, 0.15) is 18.4 Å². The van der Waals surface area contributed by atoms with Crippen molar-refractivity contribution >= 4 is 23.0 Å². The Morgan fingerprint density at radius 3 is 2.62 bits per heavy atom. The molecule has 0 radical (unpaired) electrons. The van der Waals surface area contributed by atoms with Crippen LogP contribution in [0.4, 0.5) is 18.9 Å². The van der Waals surface area contributed by atoms with E-state index in [1.807, 2.05) is 19.1 Å². The molecule has 0 fully saturated rings. The Morgan fingerprint density at radius 2 is 1.93 bits per heavy atom. The monoisotopic (exact) mass is 422 g/mol. The molecular weight excluding hydrogens is 405 g/mol. The Labute approximate surface area is 170 Å². The summed E-state index contributed by atoms with van der Waals surface area (Å²) in [4.78, 5) is 4.26. The number of rotatable bonds is 6. The molecule has 0 aliphatic heterocycles. The SMILES string of the molecule is CCOc1ccc(-c2noc(CNC(=S)Nc3cccc(C(F)(F)F)c3)n2)cc1. The first kappa shape index (κ1) is 20.6. The first-order valence-electron chi connectivity index (χ1n) is 8.63. The fraction of sp³-hybridized carbons (Fsp3) is 0.211. The second-order valence-electron chi connectivity index (χ2n) is 5.86. The largest absolute Gasteiger partial charge is 0.494 e. The van der Waals surface area contributed by atoms with Crippen molar-refractivity contribution in [3.05, 3.63) is 60.0 Å². The number of hydrogen-bond acceptors (Lipinski definition) is 5. The van der Waals surface area contributed by atoms with E-state index in [2.05, 4.69) is 20.8 Å². The Hall–Kier alpha value is -3.14. The average Bonchev–Trinajstić information content (AvgIpc) is 3.16. The summed E-state index contributed by atoms with van der Waals surface area (Å²) in [5.74, 6) is 1.43. The number of nitrogens with one attached hydrogen (secondary N) is 2. The van der Waals surface area contributed by atoms with Crippen molar-refractivity contribution in [1.82, 2.24) is 15.5 Å². The van der Waals surface area contributed by atoms with Gasteiger partial charge in [0.1, 0.15) is 5.75 Å². The van der Waals surface area contributed by atoms with Crippen LogP contribution in [-0.2, 0) is 12.7 Å². The summed E-state index contributed by atoms with van der Waals surface area (Å²) >= 11 is 5.10. The second kappa shape index (κ2) is 8.91. The van der Waals surface area contributed by atoms with Crippen LogP contribution in [0.2, 0.25) is 0 Å². The highest BCUT2D eigenvalue weighted by Gasteiger charge is 2.30. The molecule has 1 heterocycles. The molecule has 152 valence electrons. The molecule has 10 heteroatoms. The number of hydrogen-bond donors (Lipinski definition) is 2. The molecule has 0 saturated heterocycles. The highest BCUT2D eigenvalue weighted by atomic mass is 32.1. The van der Waals surface area contributed by atoms with Gasteiger partial charge >= 0.3 is 6.18 Å². The minimum Gasteiger partial charge on any atom is -0.494 e. The van der Waals surface area contributed by atoms with Gasteiger partial charge in [-0.3, -0.25) is 0 Å². The number of alkyl halides is 3. The molecule has 2 N–H and O–H groups in total. The van der Waals surface area contributed by atoms with Gasteiger partial charge in [-0.2, -0.15) is 18.2 Å². The number of benzene rings is 2. The number of nitrogens with zero attached hydrogens (tertiary/aromatic N) is 2. The van der Waals surface area contributed by atoms with Gasteiger partial charge in [-0.1, -0.05) is 11.2 Å². The summed E-state index contributed by atoms with van der Waals surface area (Å²) in [7, 11) is 0. The van der Waals surface area contributed by atoms with Crippen molar-refractivity contribution in [2.24, 2.45) is 0 Å². The maximum absolute atomic E-state index is 12.8. The summed E-state index contributed by atoms with van der Waals surface area (Å²) in [6, 6.07) is 12.0. The molecule has 3 aromatic rings. The van der Waals surface area contributed by atoms with Crippen LogP contribution in [0.5, 0.6) is 5.75 Å². The Bertz CT molecular complexity index is 974. The zero-order valence-electron chi connectivity index (χ0n) is 15.3. The van der Waals surface area contributed by atoms with E-state index in [1.165, 1.54) is 12.1 Å². The Kier molecular flexibility index (Phi) is 6.32. The van der Waals surface area contributed by atoms with Crippen LogP contribution in [0.25, 0.3) is 11.4 Å². The molecule has 0 amide bonds. The third-order valence-corrected chi connectivity index (χ3v) is 3.99. The van der Waals surface area contributed by atoms with Crippen molar-refractivity contribution in [2.75, 3.05) is 11.9 Å². The zero-order chi connectivity index (χ0) is 20.9. The van der Waals surface area contributed by atoms with Crippen LogP contribution in [0.3, 0.4) is 0 Å². The van der Waals surface area contributed by atoms with E-state index in [0.29, 0.717) is 12.4 Å². The van der Waals surface area contributed by atoms with Gasteiger partial charge in [-0.25, -0.2) is 0 Å². The Morgan fingerprint density at radius 1 is 1.17 bits per heavy atom. The van der Waals surface area contributed by atoms with Crippen molar-refractivity contribution in [1.29, 1.82) is 0 Å². The lowest BCUT2D eigenvalue weighted by Gasteiger charge is -2.11. The summed E-state index contributed by atoms with van der Waals surface area (Å²) in [6.07, 6.45) is -4.42. The highest BCUT2D eigenvalue weighted by molar-refractivity contribution is 7.80. The maximum atomic E-state index is 12.8. The van der Waals surface area contributed by atoms with Crippen molar-refractivity contribution < 1.29 is 22.4 Å². The standard InChI is InChI=1S/C19H17F3N4O2S/c1-2-27-15-8-6-12(7-9-15)17-25-16(28-26-17)11-23-18(29)24-14-5-3-4-13(10-14)19(20,21)22/h3-10H,2,11H2,1H3,(H2,23,24,29). The second-order valence-corrected chi connectivity index (χ2v) is 6.26. The molecule has 3 rings (SSSR count). The molecule has 0 spiro atoms. The molecule has 6 nitrogen and oxygen atoms in total. The third kappa shape index (κ3) is 5.67. The smallest absolute Gasteiger partial charge is 0.416 e. The van der Waals surface area contributed by atoms with Crippen molar-refractivity contribution in [3.63, 3.8) is 0 Å². The summed E-state index contributed by atoms with van der Waals surface area (Å²) in [5, 5.41) is 9.55. The lowest BCUT2D eigenvalue weighted by molar-refractivity contribution is -0.137. The summed E-state index contributed by atoms with van der Waals surface area (Å²) in [6.45, 7) is 2.60. The number of aromatic nitrogens is 2. The molecule has 1 aromatic heterocycles. The minimum atomic E-state index is -4.42. The van der Waals surface area contributed by atoms with E-state index < -0.39 is 11.7 Å². The molecular formula is C19H17F3N4O2S. The zero-order valence-corrected chi connectivity index (χ0v) is 16.1. The van der Waals surface area contributed by atoms with Crippen LogP contribution in [0.15, 0.2) is 53.1 Å². The van der Waals surface area contributed by atoms with E-state index >= 15 is 0 Å². The van der Waals surface area contributed by atoms with Gasteiger partial charge < -0.3 is 19.9 Å². The van der Waals surface area contributed by atoms with E-state index in [1.54, 1.807) is 12.1 Å². The summed E-state index contributed by atoms with van der Waals surface area (Å²) < 4.78 is 48.9. The highest BCUT2D eigenvalue weighted by Crippen LogP contribution is 2.30. The van der Waals surface area contributed by atoms with Gasteiger partial charge in [-0.05, 0) is 61.6 Å². The molecule has 0 atom stereocenters. The number of anilines is 1. The van der Waals surface area contributed by atoms with Crippen molar-refractivity contribution in [2.45, 2.75) is 19.6 Å². The van der Waals surface area contributed by atoms with Crippen molar-refractivity contribution in [3.8, 4) is 17.1 Å². The Balaban J connectivity index is 1.56. The van der Waals surface area contributed by atoms with Crippen LogP contribution in [-0.4, -0.2) is 21.9 Å². The predicted molar refractivity (Wildman–Crippen MR) is 105 cm³/mol. The number of halogens is 3. The fourth-order valence-corrected chi connectivity index (χ4v) is 2.61. The quantitative estimate of drug-likeness (QED) is 0.561. The molecule has 29 heavy (non-hydrogen) atoms. The topological polar surface area (TPSA) is 72.2 Å². The molecule has 2 aromatic carbocycles. The van der Waals surface area contributed by atoms with Gasteiger partial charge in [0, 0.05) is 11.3 Å². The van der Waals surface area contributed by atoms with Crippen LogP contribution < -0.4 is 15.4 Å². The van der Waals surface area contributed by atoms with Crippen LogP contribution >= 0.6 is 12.2 Å². The predicted octanol–water partition coefficient (Wildman–Crippen LogP) is 4.64. The molecule has 0 saturated carbocycles. The minimum absolute atomic E-state index is 0.120. The van der Waals surface area contributed by atoms with Crippen LogP contribution in [0, 0.1) is 0 Å². The van der Waals surface area contributed by atoms with Gasteiger partial charge in [0.25, 0.3) is 0 Å². The van der Waals surface area contributed by atoms with Gasteiger partial charge in [0.2, 0.25) is 11.7 Å². The number of thiocarbonyl (C=S) groups is 1.